The molecule has 1 aromatic carbocycles. The van der Waals surface area contributed by atoms with Gasteiger partial charge in [-0.15, -0.1) is 0 Å². The van der Waals surface area contributed by atoms with Gasteiger partial charge in [-0.25, -0.2) is 0 Å². The van der Waals surface area contributed by atoms with Crippen molar-refractivity contribution >= 4 is 23.1 Å². The van der Waals surface area contributed by atoms with Crippen LogP contribution in [0.2, 0.25) is 0 Å². The highest BCUT2D eigenvalue weighted by Gasteiger charge is 2.28. The maximum atomic E-state index is 3.73. The van der Waals surface area contributed by atoms with Crippen LogP contribution in [0.15, 0.2) is 24.3 Å². The monoisotopic (exact) mass is 304 g/mol. The normalized spacial score (nSPS) is 25.6. The molecule has 2 saturated heterocycles. The Morgan fingerprint density at radius 3 is 2.48 bits per heavy atom. The van der Waals surface area contributed by atoms with E-state index >= 15 is 0 Å². The van der Waals surface area contributed by atoms with Crippen LogP contribution in [-0.2, 0) is 0 Å². The van der Waals surface area contributed by atoms with Crippen molar-refractivity contribution in [3.63, 3.8) is 0 Å². The molecule has 2 aliphatic heterocycles. The van der Waals surface area contributed by atoms with Gasteiger partial charge in [0.25, 0.3) is 0 Å². The second kappa shape index (κ2) is 6.51. The molecule has 0 bridgehead atoms. The van der Waals surface area contributed by atoms with Crippen molar-refractivity contribution in [2.45, 2.75) is 45.6 Å². The van der Waals surface area contributed by atoms with Crippen LogP contribution in [0.3, 0.4) is 0 Å². The predicted octanol–water partition coefficient (Wildman–Crippen LogP) is 4.62. The molecule has 0 aromatic heterocycles. The molecule has 0 radical (unpaired) electrons. The van der Waals surface area contributed by atoms with E-state index < -0.39 is 0 Å². The third kappa shape index (κ3) is 4.09. The van der Waals surface area contributed by atoms with Crippen LogP contribution in [0.4, 0.5) is 11.4 Å². The average molecular weight is 305 g/mol. The minimum atomic E-state index is 0.467. The zero-order valence-electron chi connectivity index (χ0n) is 13.4. The summed E-state index contributed by atoms with van der Waals surface area (Å²) in [5, 5.41) is 3.73. The van der Waals surface area contributed by atoms with E-state index in [0.717, 1.165) is 0 Å². The van der Waals surface area contributed by atoms with Crippen molar-refractivity contribution in [3.05, 3.63) is 24.3 Å². The maximum absolute atomic E-state index is 3.73. The summed E-state index contributed by atoms with van der Waals surface area (Å²) >= 11 is 2.08. The molecule has 0 amide bonds. The highest BCUT2D eigenvalue weighted by Crippen LogP contribution is 2.35. The van der Waals surface area contributed by atoms with Gasteiger partial charge in [-0.1, -0.05) is 13.8 Å². The summed E-state index contributed by atoms with van der Waals surface area (Å²) in [6.45, 7) is 7.21. The number of nitrogens with one attached hydrogen (secondary N) is 1. The zero-order chi connectivity index (χ0) is 14.7. The molecule has 3 rings (SSSR count). The molecule has 2 nitrogen and oxygen atoms in total. The quantitative estimate of drug-likeness (QED) is 0.877. The van der Waals surface area contributed by atoms with Crippen LogP contribution >= 0.6 is 11.8 Å². The summed E-state index contributed by atoms with van der Waals surface area (Å²) in [5.41, 5.74) is 3.13. The summed E-state index contributed by atoms with van der Waals surface area (Å²) in [5.74, 6) is 2.52. The van der Waals surface area contributed by atoms with Crippen LogP contribution in [0.1, 0.15) is 39.5 Å². The summed E-state index contributed by atoms with van der Waals surface area (Å²) in [6, 6.07) is 9.70. The second-order valence-electron chi connectivity index (χ2n) is 7.32. The molecule has 3 heteroatoms. The Balaban J connectivity index is 1.59. The first kappa shape index (κ1) is 15.1. The van der Waals surface area contributed by atoms with Gasteiger partial charge >= 0.3 is 0 Å². The van der Waals surface area contributed by atoms with Crippen LogP contribution in [-0.4, -0.2) is 30.6 Å². The number of thioether (sulfide) groups is 1. The van der Waals surface area contributed by atoms with E-state index in [2.05, 4.69) is 60.1 Å². The van der Waals surface area contributed by atoms with Crippen molar-refractivity contribution in [1.82, 2.24) is 0 Å². The van der Waals surface area contributed by atoms with Crippen LogP contribution in [0.25, 0.3) is 0 Å². The van der Waals surface area contributed by atoms with Crippen LogP contribution in [0.5, 0.6) is 0 Å². The van der Waals surface area contributed by atoms with Crippen molar-refractivity contribution in [3.8, 4) is 0 Å². The van der Waals surface area contributed by atoms with Crippen LogP contribution in [0, 0.1) is 5.41 Å². The van der Waals surface area contributed by atoms with Gasteiger partial charge < -0.3 is 10.2 Å². The van der Waals surface area contributed by atoms with Gasteiger partial charge in [0.1, 0.15) is 0 Å². The topological polar surface area (TPSA) is 15.3 Å². The molecule has 2 heterocycles. The Morgan fingerprint density at radius 2 is 1.81 bits per heavy atom. The highest BCUT2D eigenvalue weighted by molar-refractivity contribution is 7.99. The molecular weight excluding hydrogens is 276 g/mol. The Hall–Kier alpha value is -0.830. The number of piperidine rings is 1. The van der Waals surface area contributed by atoms with Gasteiger partial charge in [0.15, 0.2) is 0 Å². The van der Waals surface area contributed by atoms with Gasteiger partial charge in [0, 0.05) is 36.3 Å². The Morgan fingerprint density at radius 1 is 1.10 bits per heavy atom. The molecule has 2 aliphatic rings. The summed E-state index contributed by atoms with van der Waals surface area (Å²) in [7, 11) is 0. The minimum absolute atomic E-state index is 0.467. The van der Waals surface area contributed by atoms with Gasteiger partial charge in [-0.2, -0.15) is 11.8 Å². The zero-order valence-corrected chi connectivity index (χ0v) is 14.2. The molecule has 2 fully saturated rings. The molecule has 21 heavy (non-hydrogen) atoms. The number of benzene rings is 1. The molecule has 0 aliphatic carbocycles. The first-order valence-electron chi connectivity index (χ1n) is 8.32. The first-order chi connectivity index (χ1) is 10.1. The molecule has 116 valence electrons. The SMILES string of the molecule is CC1(C)CSCC(Nc2ccc(N3CCCCC3)cc2)C1. The fourth-order valence-corrected chi connectivity index (χ4v) is 4.79. The number of rotatable bonds is 3. The molecular formula is C18H28N2S. The third-order valence-electron chi connectivity index (χ3n) is 4.57. The van der Waals surface area contributed by atoms with Gasteiger partial charge in [0.2, 0.25) is 0 Å². The molecule has 1 N–H and O–H groups in total. The number of anilines is 2. The van der Waals surface area contributed by atoms with E-state index in [1.165, 1.54) is 61.7 Å². The van der Waals surface area contributed by atoms with Crippen molar-refractivity contribution in [2.24, 2.45) is 5.41 Å². The number of hydrogen-bond donors (Lipinski definition) is 1. The summed E-state index contributed by atoms with van der Waals surface area (Å²) in [6.07, 6.45) is 5.35. The molecule has 1 aromatic rings. The fourth-order valence-electron chi connectivity index (χ4n) is 3.51. The number of nitrogens with zero attached hydrogens (tertiary/aromatic N) is 1. The first-order valence-corrected chi connectivity index (χ1v) is 9.47. The lowest BCUT2D eigenvalue weighted by Crippen LogP contribution is -2.35. The lowest BCUT2D eigenvalue weighted by Gasteiger charge is -2.35. The van der Waals surface area contributed by atoms with Gasteiger partial charge in [-0.05, 0) is 61.1 Å². The van der Waals surface area contributed by atoms with E-state index in [1.54, 1.807) is 0 Å². The maximum Gasteiger partial charge on any atom is 0.0367 e. The third-order valence-corrected chi connectivity index (χ3v) is 6.19. The van der Waals surface area contributed by atoms with Crippen molar-refractivity contribution in [1.29, 1.82) is 0 Å². The largest absolute Gasteiger partial charge is 0.381 e. The lowest BCUT2D eigenvalue weighted by molar-refractivity contribution is 0.358. The van der Waals surface area contributed by atoms with Crippen LogP contribution < -0.4 is 10.2 Å². The molecule has 1 unspecified atom stereocenters. The number of hydrogen-bond acceptors (Lipinski definition) is 3. The van der Waals surface area contributed by atoms with Crippen molar-refractivity contribution in [2.75, 3.05) is 34.8 Å². The molecule has 0 saturated carbocycles. The van der Waals surface area contributed by atoms with Gasteiger partial charge in [0.05, 0.1) is 0 Å². The summed E-state index contributed by atoms with van der Waals surface area (Å²) < 4.78 is 0. The highest BCUT2D eigenvalue weighted by atomic mass is 32.2. The average Bonchev–Trinajstić information content (AvgIpc) is 2.48. The molecule has 1 atom stereocenters. The van der Waals surface area contributed by atoms with E-state index in [0.29, 0.717) is 11.5 Å². The Labute approximate surface area is 133 Å². The fraction of sp³-hybridized carbons (Fsp3) is 0.667. The Kier molecular flexibility index (Phi) is 4.68. The Bertz CT molecular complexity index is 449. The smallest absolute Gasteiger partial charge is 0.0367 e. The van der Waals surface area contributed by atoms with E-state index in [-0.39, 0.29) is 0 Å². The van der Waals surface area contributed by atoms with E-state index in [9.17, 15) is 0 Å². The lowest BCUT2D eigenvalue weighted by atomic mass is 9.88. The minimum Gasteiger partial charge on any atom is -0.381 e. The van der Waals surface area contributed by atoms with Gasteiger partial charge in [-0.3, -0.25) is 0 Å². The molecule has 0 spiro atoms. The second-order valence-corrected chi connectivity index (χ2v) is 8.35. The summed E-state index contributed by atoms with van der Waals surface area (Å²) in [4.78, 5) is 2.52. The predicted molar refractivity (Wildman–Crippen MR) is 95.6 cm³/mol. The standard InChI is InChI=1S/C18H28N2S/c1-18(2)12-16(13-21-14-18)19-15-6-8-17(9-7-15)20-10-4-3-5-11-20/h6-9,16,19H,3-5,10-14H2,1-2H3. The van der Waals surface area contributed by atoms with E-state index in [1.807, 2.05) is 0 Å². The van der Waals surface area contributed by atoms with Crippen molar-refractivity contribution < 1.29 is 0 Å². The van der Waals surface area contributed by atoms with E-state index in [4.69, 9.17) is 0 Å².